The van der Waals surface area contributed by atoms with Crippen LogP contribution in [-0.4, -0.2) is 218 Å². The lowest BCUT2D eigenvalue weighted by molar-refractivity contribution is 0.140. The molecule has 0 aliphatic carbocycles. The average molecular weight is 1830 g/mol. The molecule has 0 spiro atoms. The van der Waals surface area contributed by atoms with Crippen LogP contribution in [0, 0.1) is 44.9 Å². The zero-order valence-electron chi connectivity index (χ0n) is 77.1. The molecular formula is C104H117ClF4N16O8. The third kappa shape index (κ3) is 18.1. The summed E-state index contributed by atoms with van der Waals surface area (Å²) < 4.78 is 95.1. The summed E-state index contributed by atoms with van der Waals surface area (Å²) in [7, 11) is 0. The summed E-state index contributed by atoms with van der Waals surface area (Å²) in [5.74, 6) is -3.30. The van der Waals surface area contributed by atoms with E-state index >= 15 is 36.7 Å². The van der Waals surface area contributed by atoms with Gasteiger partial charge in [-0.15, -0.1) is 0 Å². The predicted molar refractivity (Wildman–Crippen MR) is 517 cm³/mol. The minimum atomic E-state index is -1.14. The van der Waals surface area contributed by atoms with E-state index in [2.05, 4.69) is 39.2 Å². The second-order valence-electron chi connectivity index (χ2n) is 41.4. The smallest absolute Gasteiger partial charge is 0.261 e. The Hall–Kier alpha value is -11.3. The van der Waals surface area contributed by atoms with Crippen LogP contribution in [0.25, 0.3) is 89.2 Å². The lowest BCUT2D eigenvalue weighted by atomic mass is 9.94. The van der Waals surface area contributed by atoms with Crippen molar-refractivity contribution in [3.63, 3.8) is 0 Å². The number of aliphatic hydroxyl groups excluding tert-OH is 1. The van der Waals surface area contributed by atoms with Crippen LogP contribution >= 0.6 is 11.6 Å². The number of aromatic nitrogens is 8. The summed E-state index contributed by atoms with van der Waals surface area (Å²) >= 11 is 6.96. The minimum Gasteiger partial charge on any atom is -0.493 e. The molecule has 8 bridgehead atoms. The molecule has 12 fully saturated rings. The summed E-state index contributed by atoms with van der Waals surface area (Å²) in [6.07, 6.45) is 8.02. The lowest BCUT2D eigenvalue weighted by Crippen LogP contribution is -2.38. The summed E-state index contributed by atoms with van der Waals surface area (Å²) in [4.78, 5) is 102. The molecule has 0 amide bonds. The van der Waals surface area contributed by atoms with Gasteiger partial charge in [0.05, 0.1) is 80.1 Å². The van der Waals surface area contributed by atoms with Gasteiger partial charge in [0.15, 0.2) is 23.1 Å². The molecular weight excluding hydrogens is 1710 g/mol. The Bertz CT molecular complexity index is 6770. The highest BCUT2D eigenvalue weighted by Gasteiger charge is 2.39. The van der Waals surface area contributed by atoms with Crippen molar-refractivity contribution < 1.29 is 36.9 Å². The Morgan fingerprint density at radius 2 is 0.692 bits per heavy atom. The van der Waals surface area contributed by atoms with Crippen molar-refractivity contribution in [2.45, 2.75) is 157 Å². The molecule has 0 radical (unpaired) electrons. The number of hydrogen-bond acceptors (Lipinski definition) is 20. The van der Waals surface area contributed by atoms with Gasteiger partial charge in [-0.3, -0.25) is 37.4 Å². The van der Waals surface area contributed by atoms with E-state index in [1.54, 1.807) is 53.3 Å². The molecule has 4 aromatic heterocycles. The molecule has 0 unspecified atom stereocenters. The standard InChI is InChI=1S/C104H117ClF4N16O8/c1-101(2,61-126)57-123-95(112-87-22-18-74(55-80(87)98(123)128)120-46-42-116-36-28-70(120)29-37-116)82-49-66(105)50-89(91(82)108)132-63-104(7,8)60-125-96(113-88-23-19-75(56-81(88)100(125)130)121-47-43-117-38-30-71(121)31-39-117)83-51-67(106)52-90(92(83)109)133-64-103(5,6)58-122-93(110-85-20-16-72(53-78(85)97(122)127)118-44-40-114-32-24-68(118)25-33-114)65-12-11-13-76(48-65)131-62-102(3,4)59-124-94(77-14-9-10-15-84(77)107)111-86-21-17-73(54-79(86)99(124)129)119-45-41-115-34-26-69(119)27-35-115/h9-23,48-56,68-71,126H,24-47,57-64H2,1-8H3. The minimum absolute atomic E-state index is 0.0184. The number of fused-ring (bicyclic) bond motifs is 20. The first-order valence-electron chi connectivity index (χ1n) is 47.4. The highest BCUT2D eigenvalue weighted by molar-refractivity contribution is 6.31. The van der Waals surface area contributed by atoms with E-state index in [1.807, 2.05) is 126 Å². The summed E-state index contributed by atoms with van der Waals surface area (Å²) in [6, 6.07) is 42.5. The number of halogens is 5. The van der Waals surface area contributed by atoms with Gasteiger partial charge in [-0.1, -0.05) is 91.3 Å². The van der Waals surface area contributed by atoms with E-state index in [4.69, 9.17) is 45.7 Å². The summed E-state index contributed by atoms with van der Waals surface area (Å²) in [5.41, 5.74) is -0.00417. The van der Waals surface area contributed by atoms with Gasteiger partial charge in [0.2, 0.25) is 0 Å². The van der Waals surface area contributed by atoms with Gasteiger partial charge in [0.1, 0.15) is 40.7 Å². The molecule has 12 aliphatic heterocycles. The Morgan fingerprint density at radius 3 is 1.08 bits per heavy atom. The number of rotatable bonds is 26. The molecule has 12 aliphatic rings. The van der Waals surface area contributed by atoms with Crippen LogP contribution in [0.5, 0.6) is 17.2 Å². The monoisotopic (exact) mass is 1830 g/mol. The average Bonchev–Trinajstić information content (AvgIpc) is 1.53. The molecule has 12 aromatic rings. The molecule has 133 heavy (non-hydrogen) atoms. The maximum atomic E-state index is 18.4. The quantitative estimate of drug-likeness (QED) is 0.0499. The zero-order valence-corrected chi connectivity index (χ0v) is 77.9. The van der Waals surface area contributed by atoms with E-state index in [0.29, 0.717) is 68.0 Å². The van der Waals surface area contributed by atoms with Gasteiger partial charge in [0.25, 0.3) is 22.2 Å². The van der Waals surface area contributed by atoms with Crippen molar-refractivity contribution in [3.05, 3.63) is 215 Å². The molecule has 16 heterocycles. The van der Waals surface area contributed by atoms with Gasteiger partial charge in [0, 0.05) is 229 Å². The molecule has 12 saturated heterocycles. The molecule has 29 heteroatoms. The number of ether oxygens (including phenoxy) is 3. The third-order valence-electron chi connectivity index (χ3n) is 29.0. The molecule has 24 rings (SSSR count). The molecule has 24 nitrogen and oxygen atoms in total. The van der Waals surface area contributed by atoms with Crippen LogP contribution in [0.1, 0.15) is 107 Å². The van der Waals surface area contributed by atoms with E-state index in [9.17, 15) is 5.11 Å². The SMILES string of the molecule is CC(C)(COc1cc(F)cc(-c2nc3ccc(N4CCN5CCC4CC5)cc3c(=O)n2CC(C)(C)COc2cc(Cl)cc(-c3nc4ccc(N5CCN6CCC5CC6)cc4c(=O)n3CC(C)(C)CO)c2F)c1F)Cn1c(-c2cccc(OCC(C)(C)Cn3c(-c4ccccc4F)nc4ccc(N5CCN6CCC5CC6)cc4c3=O)c2)nc2ccc(N3CCN4CCC3CC4)cc2c1=O. The number of hydrogen-bond donors (Lipinski definition) is 1. The number of anilines is 4. The van der Waals surface area contributed by atoms with Gasteiger partial charge >= 0.3 is 0 Å². The highest BCUT2D eigenvalue weighted by Crippen LogP contribution is 2.42. The van der Waals surface area contributed by atoms with Gasteiger partial charge in [-0.2, -0.15) is 0 Å². The Labute approximate surface area is 775 Å². The molecule has 1 N–H and O–H groups in total. The van der Waals surface area contributed by atoms with Crippen LogP contribution in [0.4, 0.5) is 40.3 Å². The van der Waals surface area contributed by atoms with Gasteiger partial charge < -0.3 is 58.5 Å². The number of aliphatic hydroxyl groups is 1. The first-order chi connectivity index (χ1) is 63.9. The van der Waals surface area contributed by atoms with Crippen LogP contribution in [0.2, 0.25) is 5.02 Å². The molecule has 0 saturated carbocycles. The van der Waals surface area contributed by atoms with Crippen molar-refractivity contribution in [2.75, 3.05) is 151 Å². The fourth-order valence-electron chi connectivity index (χ4n) is 21.6. The summed E-state index contributed by atoms with van der Waals surface area (Å²) in [6.45, 7) is 28.9. The maximum absolute atomic E-state index is 18.4. The normalized spacial score (nSPS) is 21.2. The zero-order chi connectivity index (χ0) is 92.3. The first-order valence-corrected chi connectivity index (χ1v) is 47.8. The van der Waals surface area contributed by atoms with Crippen molar-refractivity contribution in [1.29, 1.82) is 0 Å². The second kappa shape index (κ2) is 35.8. The van der Waals surface area contributed by atoms with Crippen molar-refractivity contribution in [1.82, 2.24) is 57.8 Å². The van der Waals surface area contributed by atoms with Crippen molar-refractivity contribution >= 4 is 78.0 Å². The Morgan fingerprint density at radius 1 is 0.353 bits per heavy atom. The number of piperidine rings is 4. The highest BCUT2D eigenvalue weighted by atomic mass is 35.5. The van der Waals surface area contributed by atoms with E-state index in [1.165, 1.54) is 27.3 Å². The first kappa shape index (κ1) is 89.6. The van der Waals surface area contributed by atoms with Crippen LogP contribution in [-0.2, 0) is 26.2 Å². The van der Waals surface area contributed by atoms with Crippen molar-refractivity contribution in [2.24, 2.45) is 21.7 Å². The van der Waals surface area contributed by atoms with Crippen LogP contribution in [0.3, 0.4) is 0 Å². The molecule has 696 valence electrons. The van der Waals surface area contributed by atoms with Gasteiger partial charge in [-0.25, -0.2) is 37.5 Å². The largest absolute Gasteiger partial charge is 0.493 e. The summed E-state index contributed by atoms with van der Waals surface area (Å²) in [5, 5.41) is 12.2. The fourth-order valence-corrected chi connectivity index (χ4v) is 21.8. The third-order valence-corrected chi connectivity index (χ3v) is 29.3. The Kier molecular flexibility index (Phi) is 24.1. The van der Waals surface area contributed by atoms with E-state index < -0.39 is 61.8 Å². The number of nitrogens with zero attached hydrogens (tertiary/aromatic N) is 16. The topological polar surface area (TPSA) is 213 Å². The lowest BCUT2D eigenvalue weighted by Gasteiger charge is -2.33. The molecule has 8 aromatic carbocycles. The fraction of sp³-hybridized carbons (Fsp3) is 0.462. The van der Waals surface area contributed by atoms with Crippen molar-refractivity contribution in [3.8, 4) is 62.8 Å². The Balaban J connectivity index is 0.607. The predicted octanol–water partition coefficient (Wildman–Crippen LogP) is 15.9. The molecule has 0 atom stereocenters. The van der Waals surface area contributed by atoms with E-state index in [-0.39, 0.29) is 126 Å². The van der Waals surface area contributed by atoms with E-state index in [0.717, 1.165) is 191 Å². The maximum Gasteiger partial charge on any atom is 0.261 e. The van der Waals surface area contributed by atoms with Crippen LogP contribution in [0.15, 0.2) is 165 Å². The second-order valence-corrected chi connectivity index (χ2v) is 41.8. The van der Waals surface area contributed by atoms with Crippen LogP contribution < -0.4 is 56.0 Å². The number of benzene rings is 8. The van der Waals surface area contributed by atoms with Gasteiger partial charge in [-0.05, 0) is 161 Å².